The first kappa shape index (κ1) is 8.48. The normalized spacial score (nSPS) is 43.2. The van der Waals surface area contributed by atoms with Gasteiger partial charge in [0.05, 0.1) is 11.7 Å². The Morgan fingerprint density at radius 2 is 2.42 bits per heavy atom. The van der Waals surface area contributed by atoms with Gasteiger partial charge in [-0.15, -0.1) is 0 Å². The number of piperidine rings is 1. The average Bonchev–Trinajstić information content (AvgIpc) is 2.05. The van der Waals surface area contributed by atoms with Crippen LogP contribution >= 0.6 is 0 Å². The van der Waals surface area contributed by atoms with Gasteiger partial charge in [0, 0.05) is 19.6 Å². The number of aliphatic hydroxyl groups excluding tert-OH is 1. The van der Waals surface area contributed by atoms with E-state index in [-0.39, 0.29) is 11.7 Å². The third-order valence-electron chi connectivity index (χ3n) is 2.90. The number of rotatable bonds is 0. The second-order valence-electron chi connectivity index (χ2n) is 3.96. The minimum atomic E-state index is -0.140. The van der Waals surface area contributed by atoms with E-state index in [1.54, 1.807) is 0 Å². The molecule has 3 heteroatoms. The third-order valence-corrected chi connectivity index (χ3v) is 2.90. The topological polar surface area (TPSA) is 41.5 Å². The second-order valence-corrected chi connectivity index (χ2v) is 3.96. The van der Waals surface area contributed by atoms with Crippen molar-refractivity contribution in [2.75, 3.05) is 19.7 Å². The highest BCUT2D eigenvalue weighted by molar-refractivity contribution is 4.91. The molecule has 0 amide bonds. The van der Waals surface area contributed by atoms with Crippen LogP contribution < -0.4 is 5.32 Å². The summed E-state index contributed by atoms with van der Waals surface area (Å²) in [4.78, 5) is 0. The Bertz CT molecular complexity index is 149. The van der Waals surface area contributed by atoms with Crippen LogP contribution in [0.25, 0.3) is 0 Å². The lowest BCUT2D eigenvalue weighted by molar-refractivity contribution is -0.127. The fourth-order valence-electron chi connectivity index (χ4n) is 2.24. The lowest BCUT2D eigenvalue weighted by Gasteiger charge is -2.42. The van der Waals surface area contributed by atoms with Crippen molar-refractivity contribution >= 4 is 0 Å². The zero-order chi connectivity index (χ0) is 8.44. The van der Waals surface area contributed by atoms with Crippen molar-refractivity contribution in [2.45, 2.75) is 37.4 Å². The molecule has 0 radical (unpaired) electrons. The molecular formula is C9H17NO2. The first-order valence-corrected chi connectivity index (χ1v) is 4.84. The number of aliphatic hydroxyl groups is 1. The van der Waals surface area contributed by atoms with E-state index >= 15 is 0 Å². The van der Waals surface area contributed by atoms with Crippen LogP contribution in [0.3, 0.4) is 0 Å². The third kappa shape index (κ3) is 1.63. The minimum Gasteiger partial charge on any atom is -0.393 e. The Morgan fingerprint density at radius 1 is 1.50 bits per heavy atom. The van der Waals surface area contributed by atoms with Gasteiger partial charge in [-0.3, -0.25) is 0 Å². The molecule has 2 fully saturated rings. The Hall–Kier alpha value is -0.120. The molecule has 2 heterocycles. The maximum atomic E-state index is 9.52. The summed E-state index contributed by atoms with van der Waals surface area (Å²) in [6.07, 6.45) is 3.77. The molecule has 2 atom stereocenters. The molecule has 12 heavy (non-hydrogen) atoms. The summed E-state index contributed by atoms with van der Waals surface area (Å²) >= 11 is 0. The van der Waals surface area contributed by atoms with Gasteiger partial charge in [0.2, 0.25) is 0 Å². The van der Waals surface area contributed by atoms with Crippen LogP contribution in [0.5, 0.6) is 0 Å². The summed E-state index contributed by atoms with van der Waals surface area (Å²) in [6.45, 7) is 2.74. The number of hydrogen-bond donors (Lipinski definition) is 2. The van der Waals surface area contributed by atoms with Gasteiger partial charge in [0.15, 0.2) is 0 Å². The Labute approximate surface area is 73.1 Å². The van der Waals surface area contributed by atoms with Gasteiger partial charge in [-0.05, 0) is 25.8 Å². The Balaban J connectivity index is 1.97. The van der Waals surface area contributed by atoms with Crippen molar-refractivity contribution in [3.05, 3.63) is 0 Å². The molecule has 2 rings (SSSR count). The highest BCUT2D eigenvalue weighted by Gasteiger charge is 2.37. The van der Waals surface area contributed by atoms with E-state index in [2.05, 4.69) is 5.32 Å². The van der Waals surface area contributed by atoms with Crippen molar-refractivity contribution in [1.82, 2.24) is 5.32 Å². The molecule has 2 N–H and O–H groups in total. The fourth-order valence-corrected chi connectivity index (χ4v) is 2.24. The van der Waals surface area contributed by atoms with Crippen molar-refractivity contribution in [1.29, 1.82) is 0 Å². The van der Waals surface area contributed by atoms with E-state index in [0.717, 1.165) is 39.0 Å². The summed E-state index contributed by atoms with van der Waals surface area (Å²) in [7, 11) is 0. The SMILES string of the molecule is O[C@@H]1CCO[C@@]2(CCCNC2)C1. The molecule has 70 valence electrons. The molecule has 1 spiro atoms. The number of nitrogens with one attached hydrogen (secondary N) is 1. The predicted octanol–water partition coefficient (Wildman–Crippen LogP) is 0.280. The van der Waals surface area contributed by atoms with Gasteiger partial charge >= 0.3 is 0 Å². The van der Waals surface area contributed by atoms with E-state index in [1.807, 2.05) is 0 Å². The van der Waals surface area contributed by atoms with Crippen LogP contribution in [-0.4, -0.2) is 36.5 Å². The highest BCUT2D eigenvalue weighted by atomic mass is 16.5. The second kappa shape index (κ2) is 3.32. The quantitative estimate of drug-likeness (QED) is 0.550. The van der Waals surface area contributed by atoms with Gasteiger partial charge in [-0.1, -0.05) is 0 Å². The van der Waals surface area contributed by atoms with E-state index in [1.165, 1.54) is 6.42 Å². The molecule has 2 aliphatic rings. The first-order valence-electron chi connectivity index (χ1n) is 4.84. The van der Waals surface area contributed by atoms with Crippen LogP contribution in [0.4, 0.5) is 0 Å². The molecule has 2 saturated heterocycles. The Morgan fingerprint density at radius 3 is 3.08 bits per heavy atom. The minimum absolute atomic E-state index is 0.0318. The smallest absolute Gasteiger partial charge is 0.0831 e. The molecule has 0 aromatic carbocycles. The molecular weight excluding hydrogens is 154 g/mol. The zero-order valence-electron chi connectivity index (χ0n) is 7.38. The lowest BCUT2D eigenvalue weighted by atomic mass is 9.85. The van der Waals surface area contributed by atoms with Crippen LogP contribution in [0.1, 0.15) is 25.7 Å². The molecule has 3 nitrogen and oxygen atoms in total. The monoisotopic (exact) mass is 171 g/mol. The van der Waals surface area contributed by atoms with E-state index in [4.69, 9.17) is 4.74 Å². The predicted molar refractivity (Wildman–Crippen MR) is 46.0 cm³/mol. The van der Waals surface area contributed by atoms with Crippen LogP contribution in [0, 0.1) is 0 Å². The molecule has 0 unspecified atom stereocenters. The van der Waals surface area contributed by atoms with E-state index in [0.29, 0.717) is 0 Å². The van der Waals surface area contributed by atoms with Crippen molar-refractivity contribution in [3.63, 3.8) is 0 Å². The van der Waals surface area contributed by atoms with Gasteiger partial charge in [0.25, 0.3) is 0 Å². The highest BCUT2D eigenvalue weighted by Crippen LogP contribution is 2.30. The van der Waals surface area contributed by atoms with Gasteiger partial charge in [-0.25, -0.2) is 0 Å². The van der Waals surface area contributed by atoms with Gasteiger partial charge < -0.3 is 15.2 Å². The van der Waals surface area contributed by atoms with Crippen LogP contribution in [-0.2, 0) is 4.74 Å². The summed E-state index contributed by atoms with van der Waals surface area (Å²) in [5.41, 5.74) is -0.0318. The molecule has 0 aliphatic carbocycles. The van der Waals surface area contributed by atoms with Crippen molar-refractivity contribution in [3.8, 4) is 0 Å². The largest absolute Gasteiger partial charge is 0.393 e. The number of hydrogen-bond acceptors (Lipinski definition) is 3. The molecule has 2 aliphatic heterocycles. The standard InChI is InChI=1S/C9H17NO2/c11-8-2-5-12-9(6-8)3-1-4-10-7-9/h8,10-11H,1-7H2/t8-,9+/m1/s1. The van der Waals surface area contributed by atoms with Crippen LogP contribution in [0.2, 0.25) is 0 Å². The Kier molecular flexibility index (Phi) is 2.35. The van der Waals surface area contributed by atoms with Gasteiger partial charge in [0.1, 0.15) is 0 Å². The summed E-state index contributed by atoms with van der Waals surface area (Å²) < 4.78 is 5.75. The lowest BCUT2D eigenvalue weighted by Crippen LogP contribution is -2.52. The van der Waals surface area contributed by atoms with E-state index < -0.39 is 0 Å². The zero-order valence-corrected chi connectivity index (χ0v) is 7.38. The average molecular weight is 171 g/mol. The molecule has 0 bridgehead atoms. The maximum absolute atomic E-state index is 9.52. The summed E-state index contributed by atoms with van der Waals surface area (Å²) in [6, 6.07) is 0. The fraction of sp³-hybridized carbons (Fsp3) is 1.00. The van der Waals surface area contributed by atoms with Crippen molar-refractivity contribution < 1.29 is 9.84 Å². The van der Waals surface area contributed by atoms with E-state index in [9.17, 15) is 5.11 Å². The van der Waals surface area contributed by atoms with Gasteiger partial charge in [-0.2, -0.15) is 0 Å². The molecule has 0 aromatic heterocycles. The van der Waals surface area contributed by atoms with Crippen LogP contribution in [0.15, 0.2) is 0 Å². The summed E-state index contributed by atoms with van der Waals surface area (Å²) in [5, 5.41) is 12.8. The maximum Gasteiger partial charge on any atom is 0.0831 e. The molecule has 0 saturated carbocycles. The number of ether oxygens (including phenoxy) is 1. The summed E-state index contributed by atoms with van der Waals surface area (Å²) in [5.74, 6) is 0. The molecule has 0 aromatic rings. The first-order chi connectivity index (χ1) is 5.81. The van der Waals surface area contributed by atoms with Crippen molar-refractivity contribution in [2.24, 2.45) is 0 Å².